The Morgan fingerprint density at radius 2 is 2.38 bits per heavy atom. The second-order valence-electron chi connectivity index (χ2n) is 6.09. The van der Waals surface area contributed by atoms with Crippen LogP contribution in [0, 0.1) is 24.2 Å². The van der Waals surface area contributed by atoms with Gasteiger partial charge in [-0.05, 0) is 38.9 Å². The highest BCUT2D eigenvalue weighted by Gasteiger charge is 2.23. The third-order valence-corrected chi connectivity index (χ3v) is 4.18. The van der Waals surface area contributed by atoms with Crippen LogP contribution in [0.1, 0.15) is 23.4 Å². The van der Waals surface area contributed by atoms with E-state index < -0.39 is 0 Å². The van der Waals surface area contributed by atoms with Crippen LogP contribution in [0.4, 0.5) is 0 Å². The zero-order chi connectivity index (χ0) is 15.2. The molecule has 1 fully saturated rings. The van der Waals surface area contributed by atoms with Crippen molar-refractivity contribution < 1.29 is 4.74 Å². The highest BCUT2D eigenvalue weighted by Crippen LogP contribution is 2.18. The summed E-state index contributed by atoms with van der Waals surface area (Å²) in [6, 6.07) is 4.18. The van der Waals surface area contributed by atoms with Gasteiger partial charge in [-0.3, -0.25) is 0 Å². The number of nitriles is 1. The number of hydrogen-bond acceptors (Lipinski definition) is 4. The molecule has 1 aromatic rings. The van der Waals surface area contributed by atoms with Crippen LogP contribution < -0.4 is 0 Å². The SMILES string of the molecule is COCCN1CC[C@H](CN(C)Cc2cc(C#N)c(C)[nH]2)C1. The van der Waals surface area contributed by atoms with Gasteiger partial charge in [0.1, 0.15) is 6.07 Å². The average Bonchev–Trinajstić information content (AvgIpc) is 3.02. The quantitative estimate of drug-likeness (QED) is 0.828. The van der Waals surface area contributed by atoms with E-state index in [9.17, 15) is 0 Å². The first kappa shape index (κ1) is 16.0. The van der Waals surface area contributed by atoms with Gasteiger partial charge in [0.05, 0.1) is 12.2 Å². The number of aryl methyl sites for hydroxylation is 1. The van der Waals surface area contributed by atoms with E-state index in [1.807, 2.05) is 13.0 Å². The maximum absolute atomic E-state index is 9.00. The molecule has 0 aromatic carbocycles. The molecular formula is C16H26N4O. The molecule has 2 rings (SSSR count). The van der Waals surface area contributed by atoms with Crippen LogP contribution >= 0.6 is 0 Å². The summed E-state index contributed by atoms with van der Waals surface area (Å²) < 4.78 is 5.14. The molecule has 0 unspecified atom stereocenters. The van der Waals surface area contributed by atoms with Gasteiger partial charge >= 0.3 is 0 Å². The van der Waals surface area contributed by atoms with Crippen LogP contribution in [-0.2, 0) is 11.3 Å². The number of aromatic amines is 1. The second-order valence-corrected chi connectivity index (χ2v) is 6.09. The molecule has 0 bridgehead atoms. The fourth-order valence-corrected chi connectivity index (χ4v) is 3.11. The lowest BCUT2D eigenvalue weighted by Gasteiger charge is -2.21. The summed E-state index contributed by atoms with van der Waals surface area (Å²) in [6.07, 6.45) is 1.27. The van der Waals surface area contributed by atoms with E-state index >= 15 is 0 Å². The smallest absolute Gasteiger partial charge is 0.101 e. The molecule has 0 saturated carbocycles. The van der Waals surface area contributed by atoms with E-state index in [1.54, 1.807) is 7.11 Å². The van der Waals surface area contributed by atoms with Gasteiger partial charge < -0.3 is 19.5 Å². The first-order valence-electron chi connectivity index (χ1n) is 7.60. The van der Waals surface area contributed by atoms with Gasteiger partial charge in [0.25, 0.3) is 0 Å². The maximum Gasteiger partial charge on any atom is 0.101 e. The van der Waals surface area contributed by atoms with Crippen molar-refractivity contribution >= 4 is 0 Å². The number of aromatic nitrogens is 1. The minimum absolute atomic E-state index is 0.735. The van der Waals surface area contributed by atoms with E-state index in [0.717, 1.165) is 49.1 Å². The number of likely N-dealkylation sites (tertiary alicyclic amines) is 1. The molecule has 1 N–H and O–H groups in total. The zero-order valence-corrected chi connectivity index (χ0v) is 13.4. The average molecular weight is 290 g/mol. The van der Waals surface area contributed by atoms with Crippen molar-refractivity contribution in [2.24, 2.45) is 5.92 Å². The van der Waals surface area contributed by atoms with E-state index in [4.69, 9.17) is 10.00 Å². The number of nitrogens with zero attached hydrogens (tertiary/aromatic N) is 3. The first-order chi connectivity index (χ1) is 10.1. The van der Waals surface area contributed by atoms with Crippen molar-refractivity contribution in [2.75, 3.05) is 46.9 Å². The molecule has 0 amide bonds. The number of H-pyrrole nitrogens is 1. The lowest BCUT2D eigenvalue weighted by Crippen LogP contribution is -2.29. The summed E-state index contributed by atoms with van der Waals surface area (Å²) in [6.45, 7) is 8.13. The van der Waals surface area contributed by atoms with Crippen molar-refractivity contribution in [1.82, 2.24) is 14.8 Å². The predicted molar refractivity (Wildman–Crippen MR) is 83.0 cm³/mol. The third kappa shape index (κ3) is 4.57. The molecule has 1 aliphatic heterocycles. The molecule has 5 nitrogen and oxygen atoms in total. The van der Waals surface area contributed by atoms with Gasteiger partial charge in [-0.25, -0.2) is 0 Å². The predicted octanol–water partition coefficient (Wildman–Crippen LogP) is 1.59. The molecule has 1 aliphatic rings. The highest BCUT2D eigenvalue weighted by molar-refractivity contribution is 5.35. The summed E-state index contributed by atoms with van der Waals surface area (Å²) in [5, 5.41) is 9.00. The van der Waals surface area contributed by atoms with Crippen LogP contribution in [0.25, 0.3) is 0 Å². The molecule has 1 aromatic heterocycles. The van der Waals surface area contributed by atoms with Crippen molar-refractivity contribution in [1.29, 1.82) is 5.26 Å². The molecule has 1 atom stereocenters. The number of nitrogens with one attached hydrogen (secondary N) is 1. The minimum Gasteiger partial charge on any atom is -0.383 e. The molecule has 0 spiro atoms. The molecule has 2 heterocycles. The largest absolute Gasteiger partial charge is 0.383 e. The monoisotopic (exact) mass is 290 g/mol. The van der Waals surface area contributed by atoms with Gasteiger partial charge in [0, 0.05) is 44.7 Å². The van der Waals surface area contributed by atoms with E-state index in [-0.39, 0.29) is 0 Å². The van der Waals surface area contributed by atoms with Crippen LogP contribution in [0.3, 0.4) is 0 Å². The fraction of sp³-hybridized carbons (Fsp3) is 0.688. The normalized spacial score (nSPS) is 19.3. The van der Waals surface area contributed by atoms with Crippen molar-refractivity contribution in [2.45, 2.75) is 19.9 Å². The number of hydrogen-bond donors (Lipinski definition) is 1. The number of rotatable bonds is 7. The fourth-order valence-electron chi connectivity index (χ4n) is 3.11. The number of methoxy groups -OCH3 is 1. The molecule has 0 aliphatic carbocycles. The van der Waals surface area contributed by atoms with Crippen LogP contribution in [0.2, 0.25) is 0 Å². The van der Waals surface area contributed by atoms with Crippen molar-refractivity contribution in [3.8, 4) is 6.07 Å². The summed E-state index contributed by atoms with van der Waals surface area (Å²) in [5.41, 5.74) is 2.85. The van der Waals surface area contributed by atoms with Crippen molar-refractivity contribution in [3.05, 3.63) is 23.0 Å². The van der Waals surface area contributed by atoms with E-state index in [1.165, 1.54) is 19.5 Å². The Balaban J connectivity index is 1.77. The number of ether oxygens (including phenoxy) is 1. The standard InChI is InChI=1S/C16H26N4O/c1-13-15(9-17)8-16(18-13)12-19(2)10-14-4-5-20(11-14)6-7-21-3/h8,14,18H,4-7,10-12H2,1-3H3/t14-/m1/s1. The Kier molecular flexibility index (Phi) is 5.80. The Hall–Kier alpha value is -1.35. The summed E-state index contributed by atoms with van der Waals surface area (Å²) in [5.74, 6) is 0.735. The lowest BCUT2D eigenvalue weighted by molar-refractivity contribution is 0.157. The van der Waals surface area contributed by atoms with Gasteiger partial charge in [-0.2, -0.15) is 5.26 Å². The van der Waals surface area contributed by atoms with Gasteiger partial charge in [0.15, 0.2) is 0 Å². The van der Waals surface area contributed by atoms with E-state index in [0.29, 0.717) is 0 Å². The van der Waals surface area contributed by atoms with Crippen molar-refractivity contribution in [3.63, 3.8) is 0 Å². The van der Waals surface area contributed by atoms with Gasteiger partial charge in [-0.1, -0.05) is 0 Å². The Morgan fingerprint density at radius 1 is 1.57 bits per heavy atom. The van der Waals surface area contributed by atoms with E-state index in [2.05, 4.69) is 27.9 Å². The topological polar surface area (TPSA) is 55.3 Å². The summed E-state index contributed by atoms with van der Waals surface area (Å²) in [7, 11) is 3.91. The molecule has 0 radical (unpaired) electrons. The van der Waals surface area contributed by atoms with Crippen LogP contribution in [0.15, 0.2) is 6.07 Å². The molecule has 5 heteroatoms. The Bertz CT molecular complexity index is 491. The van der Waals surface area contributed by atoms with Gasteiger partial charge in [-0.15, -0.1) is 0 Å². The summed E-state index contributed by atoms with van der Waals surface area (Å²) >= 11 is 0. The van der Waals surface area contributed by atoms with Crippen LogP contribution in [-0.4, -0.2) is 61.7 Å². The molecule has 116 valence electrons. The second kappa shape index (κ2) is 7.60. The first-order valence-corrected chi connectivity index (χ1v) is 7.60. The Morgan fingerprint density at radius 3 is 3.05 bits per heavy atom. The van der Waals surface area contributed by atoms with Gasteiger partial charge in [0.2, 0.25) is 0 Å². The molecular weight excluding hydrogens is 264 g/mol. The highest BCUT2D eigenvalue weighted by atomic mass is 16.5. The maximum atomic E-state index is 9.00. The Labute approximate surface area is 127 Å². The minimum atomic E-state index is 0.735. The summed E-state index contributed by atoms with van der Waals surface area (Å²) in [4.78, 5) is 8.12. The molecule has 1 saturated heterocycles. The zero-order valence-electron chi connectivity index (χ0n) is 13.4. The molecule has 21 heavy (non-hydrogen) atoms. The van der Waals surface area contributed by atoms with Crippen LogP contribution in [0.5, 0.6) is 0 Å². The third-order valence-electron chi connectivity index (χ3n) is 4.18. The lowest BCUT2D eigenvalue weighted by atomic mass is 10.1.